The average Bonchev–Trinajstić information content (AvgIpc) is 2.68. The van der Waals surface area contributed by atoms with Gasteiger partial charge in [-0.15, -0.1) is 0 Å². The Morgan fingerprint density at radius 2 is 2.25 bits per heavy atom. The standard InChI is InChI=1S/C12H14FN3/c1-14-8-10-7-9(3-4-11(10)13)12-15-5-6-16(12)2/h3-7,14H,8H2,1-2H3. The molecule has 0 saturated carbocycles. The number of benzene rings is 1. The summed E-state index contributed by atoms with van der Waals surface area (Å²) < 4.78 is 15.3. The van der Waals surface area contributed by atoms with E-state index in [-0.39, 0.29) is 5.82 Å². The van der Waals surface area contributed by atoms with E-state index in [1.807, 2.05) is 23.9 Å². The molecule has 0 bridgehead atoms. The summed E-state index contributed by atoms with van der Waals surface area (Å²) in [7, 11) is 3.72. The van der Waals surface area contributed by atoms with Gasteiger partial charge in [-0.2, -0.15) is 0 Å². The summed E-state index contributed by atoms with van der Waals surface area (Å²) in [4.78, 5) is 4.24. The number of imidazole rings is 1. The third kappa shape index (κ3) is 1.97. The summed E-state index contributed by atoms with van der Waals surface area (Å²) >= 11 is 0. The van der Waals surface area contributed by atoms with Gasteiger partial charge in [0.05, 0.1) is 0 Å². The van der Waals surface area contributed by atoms with Crippen molar-refractivity contribution >= 4 is 0 Å². The zero-order valence-corrected chi connectivity index (χ0v) is 9.37. The van der Waals surface area contributed by atoms with Crippen LogP contribution in [0.1, 0.15) is 5.56 Å². The van der Waals surface area contributed by atoms with Crippen molar-refractivity contribution < 1.29 is 4.39 Å². The van der Waals surface area contributed by atoms with Crippen molar-refractivity contribution in [3.05, 3.63) is 42.0 Å². The number of aromatic nitrogens is 2. The van der Waals surface area contributed by atoms with Gasteiger partial charge in [-0.05, 0) is 25.2 Å². The minimum atomic E-state index is -0.188. The summed E-state index contributed by atoms with van der Waals surface area (Å²) in [5.41, 5.74) is 1.59. The zero-order chi connectivity index (χ0) is 11.5. The lowest BCUT2D eigenvalue weighted by Gasteiger charge is -2.06. The van der Waals surface area contributed by atoms with E-state index in [0.717, 1.165) is 11.4 Å². The molecular weight excluding hydrogens is 205 g/mol. The predicted octanol–water partition coefficient (Wildman–Crippen LogP) is 1.95. The highest BCUT2D eigenvalue weighted by molar-refractivity contribution is 5.56. The van der Waals surface area contributed by atoms with Crippen LogP contribution in [0.2, 0.25) is 0 Å². The van der Waals surface area contributed by atoms with Gasteiger partial charge in [-0.25, -0.2) is 9.37 Å². The first-order chi connectivity index (χ1) is 7.72. The third-order valence-electron chi connectivity index (χ3n) is 2.49. The molecule has 0 fully saturated rings. The molecule has 0 aliphatic carbocycles. The molecule has 0 aliphatic rings. The lowest BCUT2D eigenvalue weighted by atomic mass is 10.1. The molecule has 4 heteroatoms. The van der Waals surface area contributed by atoms with Crippen LogP contribution in [0.15, 0.2) is 30.6 Å². The Morgan fingerprint density at radius 1 is 1.44 bits per heavy atom. The molecule has 0 radical (unpaired) electrons. The minimum Gasteiger partial charge on any atom is -0.334 e. The van der Waals surface area contributed by atoms with E-state index in [0.29, 0.717) is 12.1 Å². The normalized spacial score (nSPS) is 10.7. The zero-order valence-electron chi connectivity index (χ0n) is 9.37. The van der Waals surface area contributed by atoms with Gasteiger partial charge >= 0.3 is 0 Å². The largest absolute Gasteiger partial charge is 0.334 e. The van der Waals surface area contributed by atoms with Crippen LogP contribution in [0.25, 0.3) is 11.4 Å². The number of halogens is 1. The Kier molecular flexibility index (Phi) is 3.01. The molecule has 2 rings (SSSR count). The maximum atomic E-state index is 13.4. The molecule has 0 unspecified atom stereocenters. The molecule has 0 aliphatic heterocycles. The van der Waals surface area contributed by atoms with E-state index in [1.54, 1.807) is 19.3 Å². The molecule has 1 N–H and O–H groups in total. The fourth-order valence-electron chi connectivity index (χ4n) is 1.68. The van der Waals surface area contributed by atoms with Gasteiger partial charge < -0.3 is 9.88 Å². The van der Waals surface area contributed by atoms with Gasteiger partial charge in [0, 0.05) is 37.1 Å². The maximum absolute atomic E-state index is 13.4. The van der Waals surface area contributed by atoms with Crippen LogP contribution in [0.5, 0.6) is 0 Å². The van der Waals surface area contributed by atoms with Crippen LogP contribution < -0.4 is 5.32 Å². The summed E-state index contributed by atoms with van der Waals surface area (Å²) in [5.74, 6) is 0.657. The molecule has 16 heavy (non-hydrogen) atoms. The number of aryl methyl sites for hydroxylation is 1. The highest BCUT2D eigenvalue weighted by atomic mass is 19.1. The van der Waals surface area contributed by atoms with Crippen molar-refractivity contribution in [3.63, 3.8) is 0 Å². The Balaban J connectivity index is 2.43. The van der Waals surface area contributed by atoms with Crippen molar-refractivity contribution in [1.82, 2.24) is 14.9 Å². The maximum Gasteiger partial charge on any atom is 0.139 e. The second-order valence-corrected chi connectivity index (χ2v) is 3.70. The van der Waals surface area contributed by atoms with Gasteiger partial charge in [-0.3, -0.25) is 0 Å². The minimum absolute atomic E-state index is 0.188. The first-order valence-electron chi connectivity index (χ1n) is 5.13. The van der Waals surface area contributed by atoms with Crippen molar-refractivity contribution in [1.29, 1.82) is 0 Å². The summed E-state index contributed by atoms with van der Waals surface area (Å²) in [6, 6.07) is 5.06. The molecule has 84 valence electrons. The molecular formula is C12H14FN3. The molecule has 1 aromatic heterocycles. The lowest BCUT2D eigenvalue weighted by Crippen LogP contribution is -2.07. The van der Waals surface area contributed by atoms with E-state index in [9.17, 15) is 4.39 Å². The molecule has 1 heterocycles. The van der Waals surface area contributed by atoms with Crippen LogP contribution >= 0.6 is 0 Å². The predicted molar refractivity (Wildman–Crippen MR) is 61.4 cm³/mol. The Bertz CT molecular complexity index is 491. The number of rotatable bonds is 3. The van der Waals surface area contributed by atoms with Gasteiger partial charge in [0.15, 0.2) is 0 Å². The summed E-state index contributed by atoms with van der Waals surface area (Å²) in [5, 5.41) is 2.94. The smallest absolute Gasteiger partial charge is 0.139 e. The van der Waals surface area contributed by atoms with E-state index in [1.165, 1.54) is 6.07 Å². The van der Waals surface area contributed by atoms with Gasteiger partial charge in [0.1, 0.15) is 11.6 Å². The molecule has 2 aromatic rings. The van der Waals surface area contributed by atoms with Gasteiger partial charge in [0.25, 0.3) is 0 Å². The van der Waals surface area contributed by atoms with E-state index in [4.69, 9.17) is 0 Å². The second-order valence-electron chi connectivity index (χ2n) is 3.70. The highest BCUT2D eigenvalue weighted by Crippen LogP contribution is 2.20. The molecule has 0 atom stereocenters. The monoisotopic (exact) mass is 219 g/mol. The van der Waals surface area contributed by atoms with Crippen LogP contribution in [0.3, 0.4) is 0 Å². The number of hydrogen-bond acceptors (Lipinski definition) is 2. The first-order valence-corrected chi connectivity index (χ1v) is 5.13. The van der Waals surface area contributed by atoms with E-state index in [2.05, 4.69) is 10.3 Å². The van der Waals surface area contributed by atoms with Crippen molar-refractivity contribution in [2.45, 2.75) is 6.54 Å². The second kappa shape index (κ2) is 4.45. The lowest BCUT2D eigenvalue weighted by molar-refractivity contribution is 0.601. The van der Waals surface area contributed by atoms with Crippen molar-refractivity contribution in [2.24, 2.45) is 7.05 Å². The van der Waals surface area contributed by atoms with Crippen molar-refractivity contribution in [2.75, 3.05) is 7.05 Å². The van der Waals surface area contributed by atoms with Gasteiger partial charge in [0.2, 0.25) is 0 Å². The average molecular weight is 219 g/mol. The molecule has 0 amide bonds. The molecule has 1 aromatic carbocycles. The quantitative estimate of drug-likeness (QED) is 0.855. The molecule has 3 nitrogen and oxygen atoms in total. The Labute approximate surface area is 93.9 Å². The number of nitrogens with one attached hydrogen (secondary N) is 1. The van der Waals surface area contributed by atoms with Crippen LogP contribution in [-0.2, 0) is 13.6 Å². The highest BCUT2D eigenvalue weighted by Gasteiger charge is 2.07. The fraction of sp³-hybridized carbons (Fsp3) is 0.250. The van der Waals surface area contributed by atoms with Gasteiger partial charge in [-0.1, -0.05) is 0 Å². The van der Waals surface area contributed by atoms with Crippen LogP contribution in [-0.4, -0.2) is 16.6 Å². The molecule has 0 saturated heterocycles. The third-order valence-corrected chi connectivity index (χ3v) is 2.49. The van der Waals surface area contributed by atoms with Crippen LogP contribution in [0, 0.1) is 5.82 Å². The van der Waals surface area contributed by atoms with Crippen LogP contribution in [0.4, 0.5) is 4.39 Å². The SMILES string of the molecule is CNCc1cc(-c2nccn2C)ccc1F. The summed E-state index contributed by atoms with van der Waals surface area (Å²) in [6.45, 7) is 0.518. The van der Waals surface area contributed by atoms with E-state index < -0.39 is 0 Å². The summed E-state index contributed by atoms with van der Waals surface area (Å²) in [6.07, 6.45) is 3.60. The first kappa shape index (κ1) is 10.8. The fourth-order valence-corrected chi connectivity index (χ4v) is 1.68. The Morgan fingerprint density at radius 3 is 2.88 bits per heavy atom. The number of nitrogens with zero attached hydrogens (tertiary/aromatic N) is 2. The van der Waals surface area contributed by atoms with Crippen molar-refractivity contribution in [3.8, 4) is 11.4 Å². The molecule has 0 spiro atoms. The Hall–Kier alpha value is -1.68. The van der Waals surface area contributed by atoms with E-state index >= 15 is 0 Å². The topological polar surface area (TPSA) is 29.9 Å². The number of hydrogen-bond donors (Lipinski definition) is 1.